The van der Waals surface area contributed by atoms with Gasteiger partial charge >= 0.3 is 11.9 Å². The highest BCUT2D eigenvalue weighted by Gasteiger charge is 2.90. The molecule has 2 saturated carbocycles. The highest BCUT2D eigenvalue weighted by molar-refractivity contribution is 6.05. The summed E-state index contributed by atoms with van der Waals surface area (Å²) in [7, 11) is 0. The summed E-state index contributed by atoms with van der Waals surface area (Å²) in [6, 6.07) is 8.55. The Labute approximate surface area is 274 Å². The fraction of sp³-hybridized carbons (Fsp3) is 0.514. The molecule has 10 heteroatoms. The summed E-state index contributed by atoms with van der Waals surface area (Å²) in [6.07, 6.45) is 9.87. The average Bonchev–Trinajstić information content (AvgIpc) is 3.69. The van der Waals surface area contributed by atoms with Crippen LogP contribution in [0.2, 0.25) is 0 Å². The molecule has 47 heavy (non-hydrogen) atoms. The number of ether oxygens (including phenoxy) is 5. The molecule has 3 aliphatic carbocycles. The number of Topliss-reactive ketones (excluding diaryl/α,β-unsaturated/α-hetero) is 1. The van der Waals surface area contributed by atoms with Gasteiger partial charge in [-0.1, -0.05) is 81.5 Å². The normalized spacial score (nSPS) is 46.0. The molecule has 3 aliphatic heterocycles. The molecule has 0 radical (unpaired) electrons. The highest BCUT2D eigenvalue weighted by atomic mass is 16.9. The molecule has 7 rings (SSSR count). The van der Waals surface area contributed by atoms with Gasteiger partial charge in [-0.05, 0) is 43.5 Å². The summed E-state index contributed by atoms with van der Waals surface area (Å²) in [5, 5.41) is 34.9. The van der Waals surface area contributed by atoms with E-state index >= 15 is 0 Å². The minimum Gasteiger partial charge on any atom is -0.455 e. The van der Waals surface area contributed by atoms with Crippen molar-refractivity contribution in [3.05, 3.63) is 96.2 Å². The van der Waals surface area contributed by atoms with Gasteiger partial charge in [-0.25, -0.2) is 4.79 Å². The van der Waals surface area contributed by atoms with Crippen LogP contribution in [0.3, 0.4) is 0 Å². The van der Waals surface area contributed by atoms with E-state index in [9.17, 15) is 24.9 Å². The van der Waals surface area contributed by atoms with Gasteiger partial charge < -0.3 is 39.0 Å². The molecule has 0 amide bonds. The number of fused-ring (bicyclic) bond motifs is 3. The monoisotopic (exact) mass is 646 g/mol. The van der Waals surface area contributed by atoms with E-state index in [1.54, 1.807) is 68.5 Å². The molecule has 3 bridgehead atoms. The van der Waals surface area contributed by atoms with Crippen molar-refractivity contribution in [1.29, 1.82) is 0 Å². The fourth-order valence-corrected chi connectivity index (χ4v) is 9.03. The van der Waals surface area contributed by atoms with Crippen molar-refractivity contribution in [1.82, 2.24) is 0 Å². The Kier molecular flexibility index (Phi) is 7.50. The predicted molar refractivity (Wildman–Crippen MR) is 169 cm³/mol. The zero-order chi connectivity index (χ0) is 33.6. The summed E-state index contributed by atoms with van der Waals surface area (Å²) < 4.78 is 33.1. The number of hydrogen-bond acceptors (Lipinski definition) is 10. The topological polar surface area (TPSA) is 144 Å². The van der Waals surface area contributed by atoms with Crippen LogP contribution in [0.5, 0.6) is 0 Å². The SMILES string of the molecule is C=C(C)[C@@]12OC3(/C=C/C=C\C=C\CCC)O[C@@H]1[C@@H]1[C@@H]4O[C@]4(CO)[C@@H](O)[C@]4(O)C(=O)C(C)=C[C@H]4[C@@]1(O3)[C@H](C)[C@H]2OC(=O)c1ccccc1. The van der Waals surface area contributed by atoms with Crippen LogP contribution in [0.15, 0.2) is 90.6 Å². The second-order valence-corrected chi connectivity index (χ2v) is 13.8. The van der Waals surface area contributed by atoms with Gasteiger partial charge in [0.1, 0.15) is 30.0 Å². The first-order valence-corrected chi connectivity index (χ1v) is 16.3. The van der Waals surface area contributed by atoms with Gasteiger partial charge in [0, 0.05) is 23.8 Å². The number of aliphatic hydroxyl groups is 3. The zero-order valence-electron chi connectivity index (χ0n) is 27.0. The summed E-state index contributed by atoms with van der Waals surface area (Å²) in [6.45, 7) is 10.9. The smallest absolute Gasteiger partial charge is 0.338 e. The molecule has 3 saturated heterocycles. The Morgan fingerprint density at radius 2 is 1.81 bits per heavy atom. The number of aliphatic hydroxyl groups excluding tert-OH is 2. The number of carbonyl (C=O) groups excluding carboxylic acids is 2. The van der Waals surface area contributed by atoms with Gasteiger partial charge in [0.05, 0.1) is 17.8 Å². The molecule has 5 fully saturated rings. The molecule has 6 aliphatic rings. The molecule has 1 aromatic carbocycles. The molecule has 10 nitrogen and oxygen atoms in total. The number of unbranched alkanes of at least 4 members (excludes halogenated alkanes) is 1. The lowest BCUT2D eigenvalue weighted by Crippen LogP contribution is -2.76. The molecule has 250 valence electrons. The minimum absolute atomic E-state index is 0.230. The molecular weight excluding hydrogens is 604 g/mol. The standard InChI is InChI=1S/C37H42O10/c1-6-7-8-9-10-11-15-18-34-45-30-26-29-33(20-38,44-29)32(41)35(42)25(19-22(4)27(35)39)37(26,47-34)23(5)28(36(30,46-34)21(2)3)43-31(40)24-16-13-12-14-17-24/h8-19,23,25-26,28-30,32,38,41-42H,2,6-7,20H2,1,3-5H3/b9-8+,11-10-,18-15+/t23-,25-,26+,28-,29+,30-,32-,33+,34?,35-,36+,37+/m1/s1. The van der Waals surface area contributed by atoms with Crippen molar-refractivity contribution < 1.29 is 48.6 Å². The maximum absolute atomic E-state index is 13.8. The fourth-order valence-electron chi connectivity index (χ4n) is 9.03. The first-order valence-electron chi connectivity index (χ1n) is 16.3. The van der Waals surface area contributed by atoms with Gasteiger partial charge in [0.15, 0.2) is 17.0 Å². The Bertz CT molecular complexity index is 1610. The zero-order valence-corrected chi connectivity index (χ0v) is 27.0. The van der Waals surface area contributed by atoms with Crippen molar-refractivity contribution in [2.24, 2.45) is 17.8 Å². The molecule has 0 spiro atoms. The number of allylic oxidation sites excluding steroid dienone is 5. The Morgan fingerprint density at radius 3 is 2.49 bits per heavy atom. The third kappa shape index (κ3) is 4.10. The van der Waals surface area contributed by atoms with Crippen molar-refractivity contribution in [2.75, 3.05) is 6.61 Å². The maximum Gasteiger partial charge on any atom is 0.338 e. The summed E-state index contributed by atoms with van der Waals surface area (Å²) >= 11 is 0. The van der Waals surface area contributed by atoms with Gasteiger partial charge in [-0.2, -0.15) is 0 Å². The third-order valence-corrected chi connectivity index (χ3v) is 11.2. The van der Waals surface area contributed by atoms with Crippen LogP contribution in [-0.4, -0.2) is 86.5 Å². The van der Waals surface area contributed by atoms with E-state index in [1.165, 1.54) is 0 Å². The Balaban J connectivity index is 1.43. The van der Waals surface area contributed by atoms with Crippen molar-refractivity contribution in [2.45, 2.75) is 93.3 Å². The summed E-state index contributed by atoms with van der Waals surface area (Å²) in [4.78, 5) is 27.6. The highest BCUT2D eigenvalue weighted by Crippen LogP contribution is 2.73. The van der Waals surface area contributed by atoms with E-state index < -0.39 is 88.9 Å². The van der Waals surface area contributed by atoms with E-state index in [1.807, 2.05) is 19.1 Å². The molecule has 3 N–H and O–H groups in total. The number of epoxide rings is 1. The third-order valence-electron chi connectivity index (χ3n) is 11.2. The number of carbonyl (C=O) groups is 2. The molecular formula is C37H42O10. The number of ketones is 1. The van der Waals surface area contributed by atoms with Crippen LogP contribution in [-0.2, 0) is 28.5 Å². The summed E-state index contributed by atoms with van der Waals surface area (Å²) in [5.41, 5.74) is -6.08. The molecule has 1 unspecified atom stereocenters. The van der Waals surface area contributed by atoms with Gasteiger partial charge in [0.25, 0.3) is 0 Å². The Hall–Kier alpha value is -3.22. The van der Waals surface area contributed by atoms with Gasteiger partial charge in [0.2, 0.25) is 0 Å². The van der Waals surface area contributed by atoms with Crippen molar-refractivity contribution in [3.8, 4) is 0 Å². The predicted octanol–water partition coefficient (Wildman–Crippen LogP) is 3.48. The van der Waals surface area contributed by atoms with Crippen LogP contribution in [0, 0.1) is 17.8 Å². The number of esters is 1. The lowest BCUT2D eigenvalue weighted by molar-refractivity contribution is -0.407. The van der Waals surface area contributed by atoms with E-state index in [-0.39, 0.29) is 5.57 Å². The van der Waals surface area contributed by atoms with Crippen molar-refractivity contribution in [3.63, 3.8) is 0 Å². The molecule has 1 aromatic rings. The number of rotatable bonds is 9. The quantitative estimate of drug-likeness (QED) is 0.158. The first kappa shape index (κ1) is 32.3. The van der Waals surface area contributed by atoms with Crippen LogP contribution in [0.25, 0.3) is 0 Å². The van der Waals surface area contributed by atoms with E-state index in [0.717, 1.165) is 12.8 Å². The Morgan fingerprint density at radius 1 is 1.09 bits per heavy atom. The second kappa shape index (κ2) is 10.9. The number of benzene rings is 1. The van der Waals surface area contributed by atoms with E-state index in [2.05, 4.69) is 19.6 Å². The maximum atomic E-state index is 13.8. The molecule has 12 atom stereocenters. The van der Waals surface area contributed by atoms with Gasteiger partial charge in [-0.3, -0.25) is 4.79 Å². The lowest BCUT2D eigenvalue weighted by Gasteiger charge is -2.61. The summed E-state index contributed by atoms with van der Waals surface area (Å²) in [5.74, 6) is -5.89. The van der Waals surface area contributed by atoms with Crippen LogP contribution in [0.1, 0.15) is 50.9 Å². The van der Waals surface area contributed by atoms with Gasteiger partial charge in [-0.15, -0.1) is 0 Å². The van der Waals surface area contributed by atoms with E-state index in [0.29, 0.717) is 11.1 Å². The van der Waals surface area contributed by atoms with Crippen molar-refractivity contribution >= 4 is 11.8 Å². The number of hydrogen-bond donors (Lipinski definition) is 3. The van der Waals surface area contributed by atoms with Crippen LogP contribution in [0.4, 0.5) is 0 Å². The molecule has 3 heterocycles. The van der Waals surface area contributed by atoms with E-state index in [4.69, 9.17) is 23.7 Å². The molecule has 0 aromatic heterocycles. The second-order valence-electron chi connectivity index (χ2n) is 13.8. The lowest BCUT2D eigenvalue weighted by atomic mass is 9.53. The average molecular weight is 647 g/mol. The first-order chi connectivity index (χ1) is 22.4. The largest absolute Gasteiger partial charge is 0.455 e. The van der Waals surface area contributed by atoms with Crippen LogP contribution >= 0.6 is 0 Å². The minimum atomic E-state index is -2.42. The van der Waals surface area contributed by atoms with Crippen LogP contribution < -0.4 is 0 Å².